The first-order valence-corrected chi connectivity index (χ1v) is 4.63. The lowest BCUT2D eigenvalue weighted by Crippen LogP contribution is -1.97. The fraction of sp³-hybridized carbons (Fsp3) is 0. The van der Waals surface area contributed by atoms with Crippen LogP contribution >= 0.6 is 27.5 Å². The Bertz CT molecular complexity index is 376. The Kier molecular flexibility index (Phi) is 3.35. The van der Waals surface area contributed by atoms with Gasteiger partial charge in [-0.2, -0.15) is 5.26 Å². The number of nitriles is 1. The van der Waals surface area contributed by atoms with Gasteiger partial charge in [0, 0.05) is 5.02 Å². The maximum Gasteiger partial charge on any atom is 0.118 e. The quantitative estimate of drug-likeness (QED) is 0.787. The Morgan fingerprint density at radius 3 is 2.38 bits per heavy atom. The molecule has 0 unspecified atom stereocenters. The Morgan fingerprint density at radius 1 is 1.38 bits per heavy atom. The Morgan fingerprint density at radius 2 is 1.92 bits per heavy atom. The van der Waals surface area contributed by atoms with Crippen LogP contribution in [0.15, 0.2) is 28.7 Å². The highest BCUT2D eigenvalue weighted by molar-refractivity contribution is 9.12. The zero-order chi connectivity index (χ0) is 9.84. The predicted molar refractivity (Wildman–Crippen MR) is 57.1 cm³/mol. The third kappa shape index (κ3) is 2.48. The van der Waals surface area contributed by atoms with E-state index in [-0.39, 0.29) is 0 Å². The molecule has 0 aliphatic heterocycles. The van der Waals surface area contributed by atoms with Crippen LogP contribution < -0.4 is 5.73 Å². The van der Waals surface area contributed by atoms with Gasteiger partial charge in [0.05, 0.1) is 5.70 Å². The molecule has 1 rings (SSSR count). The maximum atomic E-state index is 8.56. The molecule has 2 N–H and O–H groups in total. The van der Waals surface area contributed by atoms with Gasteiger partial charge in [-0.15, -0.1) is 0 Å². The SMILES string of the molecule is N#C/C(Br)=C(\N)c1ccc(Cl)cc1. The Hall–Kier alpha value is -0.980. The lowest BCUT2D eigenvalue weighted by molar-refractivity contribution is 1.48. The van der Waals surface area contributed by atoms with E-state index >= 15 is 0 Å². The van der Waals surface area contributed by atoms with Crippen molar-refractivity contribution < 1.29 is 0 Å². The molecule has 0 aromatic heterocycles. The molecule has 66 valence electrons. The highest BCUT2D eigenvalue weighted by Gasteiger charge is 2.01. The normalized spacial score (nSPS) is 11.8. The van der Waals surface area contributed by atoms with E-state index in [2.05, 4.69) is 15.9 Å². The lowest BCUT2D eigenvalue weighted by Gasteiger charge is -2.00. The van der Waals surface area contributed by atoms with Crippen molar-refractivity contribution in [3.05, 3.63) is 39.3 Å². The molecule has 1 aromatic rings. The summed E-state index contributed by atoms with van der Waals surface area (Å²) in [5.41, 5.74) is 6.86. The van der Waals surface area contributed by atoms with E-state index in [0.717, 1.165) is 5.56 Å². The number of nitrogens with two attached hydrogens (primary N) is 1. The van der Waals surface area contributed by atoms with Crippen molar-refractivity contribution in [2.24, 2.45) is 5.73 Å². The maximum absolute atomic E-state index is 8.56. The minimum atomic E-state index is 0.329. The minimum absolute atomic E-state index is 0.329. The van der Waals surface area contributed by atoms with E-state index in [1.807, 2.05) is 6.07 Å². The molecule has 0 saturated carbocycles. The van der Waals surface area contributed by atoms with E-state index in [1.54, 1.807) is 24.3 Å². The molecule has 0 radical (unpaired) electrons. The topological polar surface area (TPSA) is 49.8 Å². The van der Waals surface area contributed by atoms with Gasteiger partial charge in [-0.1, -0.05) is 23.7 Å². The standard InChI is InChI=1S/C9H6BrClN2/c10-8(5-12)9(13)6-1-3-7(11)4-2-6/h1-4H,13H2/b9-8+. The molecule has 0 aliphatic carbocycles. The summed E-state index contributed by atoms with van der Waals surface area (Å²) >= 11 is 8.75. The van der Waals surface area contributed by atoms with Gasteiger partial charge in [0.1, 0.15) is 10.6 Å². The molecule has 13 heavy (non-hydrogen) atoms. The van der Waals surface area contributed by atoms with E-state index < -0.39 is 0 Å². The summed E-state index contributed by atoms with van der Waals surface area (Å²) in [4.78, 5) is 0. The third-order valence-corrected chi connectivity index (χ3v) is 2.35. The van der Waals surface area contributed by atoms with Crippen LogP contribution in [0.25, 0.3) is 5.70 Å². The van der Waals surface area contributed by atoms with E-state index in [9.17, 15) is 0 Å². The number of hydrogen-bond acceptors (Lipinski definition) is 2. The van der Waals surface area contributed by atoms with Crippen molar-refractivity contribution in [3.8, 4) is 6.07 Å². The summed E-state index contributed by atoms with van der Waals surface area (Å²) in [5.74, 6) is 0. The second-order valence-electron chi connectivity index (χ2n) is 2.35. The zero-order valence-corrected chi connectivity index (χ0v) is 8.93. The van der Waals surface area contributed by atoms with Crippen molar-refractivity contribution >= 4 is 33.2 Å². The zero-order valence-electron chi connectivity index (χ0n) is 6.59. The Balaban J connectivity index is 3.12. The number of benzene rings is 1. The highest BCUT2D eigenvalue weighted by Crippen LogP contribution is 2.19. The molecule has 0 aliphatic rings. The van der Waals surface area contributed by atoms with Crippen molar-refractivity contribution in [2.75, 3.05) is 0 Å². The molecule has 1 aromatic carbocycles. The first kappa shape index (κ1) is 10.1. The van der Waals surface area contributed by atoms with Crippen LogP contribution in [-0.2, 0) is 0 Å². The molecule has 0 bridgehead atoms. The summed E-state index contributed by atoms with van der Waals surface area (Å²) in [6.45, 7) is 0. The van der Waals surface area contributed by atoms with Gasteiger partial charge in [-0.25, -0.2) is 0 Å². The van der Waals surface area contributed by atoms with Gasteiger partial charge in [0.2, 0.25) is 0 Å². The second-order valence-corrected chi connectivity index (χ2v) is 3.58. The van der Waals surface area contributed by atoms with Gasteiger partial charge in [0.25, 0.3) is 0 Å². The smallest absolute Gasteiger partial charge is 0.118 e. The van der Waals surface area contributed by atoms with Crippen LogP contribution in [-0.4, -0.2) is 0 Å². The Labute approximate surface area is 89.7 Å². The van der Waals surface area contributed by atoms with Crippen LogP contribution in [0.2, 0.25) is 5.02 Å². The highest BCUT2D eigenvalue weighted by atomic mass is 79.9. The summed E-state index contributed by atoms with van der Waals surface area (Å²) in [5, 5.41) is 9.20. The summed E-state index contributed by atoms with van der Waals surface area (Å²) in [6, 6.07) is 8.88. The van der Waals surface area contributed by atoms with Crippen molar-refractivity contribution in [1.29, 1.82) is 5.26 Å². The average molecular weight is 258 g/mol. The molecule has 2 nitrogen and oxygen atoms in total. The summed E-state index contributed by atoms with van der Waals surface area (Å²) < 4.78 is 0.329. The summed E-state index contributed by atoms with van der Waals surface area (Å²) in [7, 11) is 0. The summed E-state index contributed by atoms with van der Waals surface area (Å²) in [6.07, 6.45) is 0. The fourth-order valence-corrected chi connectivity index (χ4v) is 1.17. The first-order chi connectivity index (χ1) is 6.15. The minimum Gasteiger partial charge on any atom is -0.397 e. The van der Waals surface area contributed by atoms with Crippen LogP contribution in [0.5, 0.6) is 0 Å². The monoisotopic (exact) mass is 256 g/mol. The number of hydrogen-bond donors (Lipinski definition) is 1. The molecule has 4 heteroatoms. The lowest BCUT2D eigenvalue weighted by atomic mass is 10.1. The average Bonchev–Trinajstić information content (AvgIpc) is 2.17. The molecule has 0 fully saturated rings. The number of nitrogens with zero attached hydrogens (tertiary/aromatic N) is 1. The largest absolute Gasteiger partial charge is 0.397 e. The van der Waals surface area contributed by atoms with Crippen LogP contribution in [0, 0.1) is 11.3 Å². The molecule has 0 amide bonds. The molecular weight excluding hydrogens is 251 g/mol. The van der Waals surface area contributed by atoms with Crippen LogP contribution in [0.3, 0.4) is 0 Å². The van der Waals surface area contributed by atoms with E-state index in [0.29, 0.717) is 15.2 Å². The van der Waals surface area contributed by atoms with Crippen molar-refractivity contribution in [1.82, 2.24) is 0 Å². The van der Waals surface area contributed by atoms with Gasteiger partial charge in [0.15, 0.2) is 0 Å². The van der Waals surface area contributed by atoms with Crippen LogP contribution in [0.4, 0.5) is 0 Å². The molecular formula is C9H6BrClN2. The van der Waals surface area contributed by atoms with Gasteiger partial charge in [-0.3, -0.25) is 0 Å². The molecule has 0 atom stereocenters. The van der Waals surface area contributed by atoms with Gasteiger partial charge < -0.3 is 5.73 Å². The van der Waals surface area contributed by atoms with Crippen molar-refractivity contribution in [2.45, 2.75) is 0 Å². The third-order valence-electron chi connectivity index (χ3n) is 1.49. The van der Waals surface area contributed by atoms with Gasteiger partial charge >= 0.3 is 0 Å². The number of halogens is 2. The van der Waals surface area contributed by atoms with E-state index in [4.69, 9.17) is 22.6 Å². The second kappa shape index (κ2) is 4.31. The van der Waals surface area contributed by atoms with Gasteiger partial charge in [-0.05, 0) is 33.6 Å². The van der Waals surface area contributed by atoms with Crippen LogP contribution in [0.1, 0.15) is 5.56 Å². The molecule has 0 heterocycles. The van der Waals surface area contributed by atoms with Crippen molar-refractivity contribution in [3.63, 3.8) is 0 Å². The predicted octanol–water partition coefficient (Wildman–Crippen LogP) is 2.89. The van der Waals surface area contributed by atoms with E-state index in [1.165, 1.54) is 0 Å². The molecule has 0 spiro atoms. The number of allylic oxidation sites excluding steroid dienone is 1. The first-order valence-electron chi connectivity index (χ1n) is 3.46. The fourth-order valence-electron chi connectivity index (χ4n) is 0.816. The molecule has 0 saturated heterocycles. The number of rotatable bonds is 1.